The molecule has 0 aliphatic rings. The van der Waals surface area contributed by atoms with E-state index in [4.69, 9.17) is 0 Å². The Morgan fingerprint density at radius 3 is 1.60 bits per heavy atom. The molecule has 0 aliphatic heterocycles. The summed E-state index contributed by atoms with van der Waals surface area (Å²) in [6.07, 6.45) is 1.79. The molecule has 146 valence electrons. The molecule has 30 heavy (non-hydrogen) atoms. The molecule has 0 unspecified atom stereocenters. The van der Waals surface area contributed by atoms with Gasteiger partial charge in [0.1, 0.15) is 5.71 Å². The molecule has 0 atom stereocenters. The van der Waals surface area contributed by atoms with Crippen molar-refractivity contribution in [2.45, 2.75) is 0 Å². The maximum Gasteiger partial charge on any atom is 0.100 e. The zero-order chi connectivity index (χ0) is 20.6. The van der Waals surface area contributed by atoms with Crippen molar-refractivity contribution < 1.29 is 0 Å². The molecule has 0 saturated carbocycles. The molecule has 0 radical (unpaired) electrons. The molecule has 3 nitrogen and oxygen atoms in total. The summed E-state index contributed by atoms with van der Waals surface area (Å²) in [6.45, 7) is 0. The predicted molar refractivity (Wildman–Crippen MR) is 127 cm³/mol. The molecule has 0 heterocycles. The van der Waals surface area contributed by atoms with Crippen LogP contribution in [0.5, 0.6) is 0 Å². The highest BCUT2D eigenvalue weighted by Crippen LogP contribution is 2.23. The Hall–Kier alpha value is -3.98. The van der Waals surface area contributed by atoms with Crippen LogP contribution in [-0.2, 0) is 0 Å². The van der Waals surface area contributed by atoms with Gasteiger partial charge >= 0.3 is 0 Å². The third kappa shape index (κ3) is 4.70. The summed E-state index contributed by atoms with van der Waals surface area (Å²) in [5.41, 5.74) is 6.22. The summed E-state index contributed by atoms with van der Waals surface area (Å²) in [6, 6.07) is 38.9. The van der Waals surface area contributed by atoms with E-state index in [0.29, 0.717) is 0 Å². The number of hydrogen-bond donors (Lipinski definition) is 0. The Labute approximate surface area is 177 Å². The van der Waals surface area contributed by atoms with E-state index in [1.807, 2.05) is 54.6 Å². The monoisotopic (exact) mass is 389 g/mol. The Bertz CT molecular complexity index is 1080. The number of para-hydroxylation sites is 1. The van der Waals surface area contributed by atoms with Crippen molar-refractivity contribution in [3.05, 3.63) is 132 Å². The number of nitrogens with zero attached hydrogens (tertiary/aromatic N) is 3. The van der Waals surface area contributed by atoms with Gasteiger partial charge in [0.05, 0.1) is 6.21 Å². The zero-order valence-electron chi connectivity index (χ0n) is 16.9. The van der Waals surface area contributed by atoms with E-state index in [1.165, 1.54) is 0 Å². The first kappa shape index (κ1) is 19.3. The van der Waals surface area contributed by atoms with Crippen LogP contribution in [-0.4, -0.2) is 19.0 Å². The maximum absolute atomic E-state index is 4.54. The van der Waals surface area contributed by atoms with Gasteiger partial charge in [0.15, 0.2) is 0 Å². The van der Waals surface area contributed by atoms with Gasteiger partial charge in [-0.1, -0.05) is 91.0 Å². The van der Waals surface area contributed by atoms with Gasteiger partial charge in [-0.15, -0.1) is 5.10 Å². The van der Waals surface area contributed by atoms with Gasteiger partial charge in [0.25, 0.3) is 0 Å². The minimum Gasteiger partial charge on any atom is -0.345 e. The molecule has 3 heteroatoms. The fraction of sp³-hybridized carbons (Fsp3) is 0.0370. The SMILES string of the molecule is CN(c1ccccc1)c1ccc(C=NN=C(c2ccccc2)c2ccccc2)cc1. The van der Waals surface area contributed by atoms with Gasteiger partial charge in [0.2, 0.25) is 0 Å². The second-order valence-corrected chi connectivity index (χ2v) is 6.91. The van der Waals surface area contributed by atoms with Crippen LogP contribution in [0.1, 0.15) is 16.7 Å². The predicted octanol–water partition coefficient (Wildman–Crippen LogP) is 6.33. The average molecular weight is 390 g/mol. The van der Waals surface area contributed by atoms with Gasteiger partial charge < -0.3 is 4.90 Å². The summed E-state index contributed by atoms with van der Waals surface area (Å²) < 4.78 is 0. The first-order valence-corrected chi connectivity index (χ1v) is 9.92. The quantitative estimate of drug-likeness (QED) is 0.280. The molecular weight excluding hydrogens is 366 g/mol. The van der Waals surface area contributed by atoms with Crippen molar-refractivity contribution in [1.29, 1.82) is 0 Å². The molecule has 0 amide bonds. The topological polar surface area (TPSA) is 28.0 Å². The first-order chi connectivity index (χ1) is 14.8. The average Bonchev–Trinajstić information content (AvgIpc) is 2.83. The normalized spacial score (nSPS) is 10.7. The van der Waals surface area contributed by atoms with Gasteiger partial charge in [-0.3, -0.25) is 0 Å². The van der Waals surface area contributed by atoms with Crippen LogP contribution in [0.2, 0.25) is 0 Å². The number of rotatable bonds is 6. The van der Waals surface area contributed by atoms with Crippen LogP contribution in [0.25, 0.3) is 0 Å². The van der Waals surface area contributed by atoms with Crippen LogP contribution in [0.4, 0.5) is 11.4 Å². The van der Waals surface area contributed by atoms with Gasteiger partial charge in [-0.25, -0.2) is 0 Å². The van der Waals surface area contributed by atoms with E-state index in [1.54, 1.807) is 6.21 Å². The smallest absolute Gasteiger partial charge is 0.100 e. The van der Waals surface area contributed by atoms with Gasteiger partial charge in [-0.05, 0) is 29.8 Å². The summed E-state index contributed by atoms with van der Waals surface area (Å²) >= 11 is 0. The number of hydrogen-bond acceptors (Lipinski definition) is 3. The summed E-state index contributed by atoms with van der Waals surface area (Å²) in [5, 5.41) is 8.92. The Morgan fingerprint density at radius 1 is 0.600 bits per heavy atom. The van der Waals surface area contributed by atoms with E-state index in [0.717, 1.165) is 33.8 Å². The molecule has 4 aromatic rings. The van der Waals surface area contributed by atoms with E-state index in [-0.39, 0.29) is 0 Å². The fourth-order valence-corrected chi connectivity index (χ4v) is 3.21. The highest BCUT2D eigenvalue weighted by atomic mass is 15.2. The van der Waals surface area contributed by atoms with Crippen molar-refractivity contribution in [1.82, 2.24) is 0 Å². The molecule has 0 N–H and O–H groups in total. The van der Waals surface area contributed by atoms with E-state index in [2.05, 4.69) is 82.8 Å². The number of benzene rings is 4. The van der Waals surface area contributed by atoms with Crippen molar-refractivity contribution >= 4 is 23.3 Å². The molecule has 4 rings (SSSR count). The standard InChI is InChI=1S/C27H23N3/c1-30(25-15-9-4-10-16-25)26-19-17-22(18-20-26)21-28-29-27(23-11-5-2-6-12-23)24-13-7-3-8-14-24/h2-21H,1H3. The lowest BCUT2D eigenvalue weighted by Gasteiger charge is -2.19. The summed E-state index contributed by atoms with van der Waals surface area (Å²) in [5.74, 6) is 0. The summed E-state index contributed by atoms with van der Waals surface area (Å²) in [4.78, 5) is 2.15. The fourth-order valence-electron chi connectivity index (χ4n) is 3.21. The molecule has 0 spiro atoms. The molecule has 0 fully saturated rings. The highest BCUT2D eigenvalue weighted by molar-refractivity contribution is 6.12. The molecule has 0 aliphatic carbocycles. The molecule has 0 bridgehead atoms. The van der Waals surface area contributed by atoms with Gasteiger partial charge in [-0.2, -0.15) is 5.10 Å². The largest absolute Gasteiger partial charge is 0.345 e. The second-order valence-electron chi connectivity index (χ2n) is 6.91. The van der Waals surface area contributed by atoms with Crippen LogP contribution < -0.4 is 4.90 Å². The second kappa shape index (κ2) is 9.48. The zero-order valence-corrected chi connectivity index (χ0v) is 16.9. The Kier molecular flexibility index (Phi) is 6.11. The van der Waals surface area contributed by atoms with Crippen molar-refractivity contribution in [2.75, 3.05) is 11.9 Å². The first-order valence-electron chi connectivity index (χ1n) is 9.92. The third-order valence-corrected chi connectivity index (χ3v) is 4.88. The lowest BCUT2D eigenvalue weighted by Crippen LogP contribution is -2.08. The third-order valence-electron chi connectivity index (χ3n) is 4.88. The lowest BCUT2D eigenvalue weighted by molar-refractivity contribution is 1.21. The van der Waals surface area contributed by atoms with Crippen LogP contribution >= 0.6 is 0 Å². The van der Waals surface area contributed by atoms with Crippen molar-refractivity contribution in [3.8, 4) is 0 Å². The summed E-state index contributed by atoms with van der Waals surface area (Å²) in [7, 11) is 2.06. The van der Waals surface area contributed by atoms with E-state index >= 15 is 0 Å². The van der Waals surface area contributed by atoms with E-state index in [9.17, 15) is 0 Å². The molecule has 4 aromatic carbocycles. The maximum atomic E-state index is 4.54. The van der Waals surface area contributed by atoms with Crippen molar-refractivity contribution in [2.24, 2.45) is 10.2 Å². The minimum absolute atomic E-state index is 0.855. The molecule has 0 saturated heterocycles. The van der Waals surface area contributed by atoms with Crippen molar-refractivity contribution in [3.63, 3.8) is 0 Å². The lowest BCUT2D eigenvalue weighted by atomic mass is 10.0. The van der Waals surface area contributed by atoms with Crippen LogP contribution in [0, 0.1) is 0 Å². The van der Waals surface area contributed by atoms with Crippen LogP contribution in [0.3, 0.4) is 0 Å². The molecule has 0 aromatic heterocycles. The highest BCUT2D eigenvalue weighted by Gasteiger charge is 2.06. The van der Waals surface area contributed by atoms with Gasteiger partial charge in [0, 0.05) is 29.5 Å². The Balaban J connectivity index is 1.55. The van der Waals surface area contributed by atoms with E-state index < -0.39 is 0 Å². The number of anilines is 2. The van der Waals surface area contributed by atoms with Crippen LogP contribution in [0.15, 0.2) is 125 Å². The Morgan fingerprint density at radius 2 is 1.07 bits per heavy atom. The molecular formula is C27H23N3. The minimum atomic E-state index is 0.855.